The third kappa shape index (κ3) is 3.41. The van der Waals surface area contributed by atoms with Crippen LogP contribution < -0.4 is 10.6 Å². The van der Waals surface area contributed by atoms with Crippen molar-refractivity contribution in [2.45, 2.75) is 44.7 Å². The van der Waals surface area contributed by atoms with Gasteiger partial charge in [-0.05, 0) is 73.9 Å². The molecule has 8 nitrogen and oxygen atoms in total. The zero-order valence-electron chi connectivity index (χ0n) is 14.8. The molecule has 2 fully saturated rings. The molecule has 1 aromatic carbocycles. The summed E-state index contributed by atoms with van der Waals surface area (Å²) in [6.07, 6.45) is 3.91. The summed E-state index contributed by atoms with van der Waals surface area (Å²) in [4.78, 5) is 11.3. The van der Waals surface area contributed by atoms with Gasteiger partial charge >= 0.3 is 5.97 Å². The number of aromatic amines is 1. The van der Waals surface area contributed by atoms with Crippen LogP contribution in [0.4, 0.5) is 5.69 Å². The fourth-order valence-electron chi connectivity index (χ4n) is 4.35. The number of carboxylic acids is 1. The SMILES string of the molecule is Cc1ccc(-c2nn[nH]n2)c(N[C@H]2CC[C@H]3CN[C@H](C(=O)O)C[C@H]3C2)c1. The van der Waals surface area contributed by atoms with Crippen molar-refractivity contribution in [3.05, 3.63) is 23.8 Å². The molecule has 8 heteroatoms. The van der Waals surface area contributed by atoms with E-state index in [9.17, 15) is 9.90 Å². The normalized spacial score (nSPS) is 28.3. The molecule has 4 rings (SSSR count). The summed E-state index contributed by atoms with van der Waals surface area (Å²) in [6, 6.07) is 6.08. The van der Waals surface area contributed by atoms with Crippen LogP contribution in [0.15, 0.2) is 18.2 Å². The number of aromatic nitrogens is 4. The molecule has 0 spiro atoms. The Balaban J connectivity index is 1.50. The molecule has 2 aromatic rings. The first kappa shape index (κ1) is 17.0. The predicted octanol–water partition coefficient (Wildman–Crippen LogP) is 1.82. The van der Waals surface area contributed by atoms with Gasteiger partial charge in [0, 0.05) is 17.3 Å². The Morgan fingerprint density at radius 1 is 1.27 bits per heavy atom. The number of carboxylic acid groups (broad SMARTS) is 1. The first-order chi connectivity index (χ1) is 12.6. The minimum Gasteiger partial charge on any atom is -0.480 e. The van der Waals surface area contributed by atoms with E-state index in [-0.39, 0.29) is 0 Å². The smallest absolute Gasteiger partial charge is 0.320 e. The van der Waals surface area contributed by atoms with Gasteiger partial charge in [-0.3, -0.25) is 4.79 Å². The van der Waals surface area contributed by atoms with E-state index in [0.717, 1.165) is 37.1 Å². The molecular formula is C18H24N6O2. The topological polar surface area (TPSA) is 116 Å². The summed E-state index contributed by atoms with van der Waals surface area (Å²) < 4.78 is 0. The summed E-state index contributed by atoms with van der Waals surface area (Å²) in [6.45, 7) is 2.87. The molecule has 0 amide bonds. The summed E-state index contributed by atoms with van der Waals surface area (Å²) in [7, 11) is 0. The van der Waals surface area contributed by atoms with Crippen LogP contribution in [0, 0.1) is 18.8 Å². The van der Waals surface area contributed by atoms with Gasteiger partial charge in [-0.1, -0.05) is 6.07 Å². The molecule has 1 saturated heterocycles. The molecule has 26 heavy (non-hydrogen) atoms. The zero-order chi connectivity index (χ0) is 18.1. The second-order valence-corrected chi connectivity index (χ2v) is 7.49. The first-order valence-corrected chi connectivity index (χ1v) is 9.17. The van der Waals surface area contributed by atoms with Crippen molar-refractivity contribution in [1.29, 1.82) is 0 Å². The largest absolute Gasteiger partial charge is 0.480 e. The number of aliphatic carboxylic acids is 1. The molecule has 1 aliphatic heterocycles. The highest BCUT2D eigenvalue weighted by Crippen LogP contribution is 2.38. The number of hydrogen-bond acceptors (Lipinski definition) is 6. The number of tetrazole rings is 1. The first-order valence-electron chi connectivity index (χ1n) is 9.17. The Hall–Kier alpha value is -2.48. The Labute approximate surface area is 151 Å². The molecule has 2 heterocycles. The van der Waals surface area contributed by atoms with E-state index in [2.05, 4.69) is 44.2 Å². The van der Waals surface area contributed by atoms with Gasteiger partial charge in [0.05, 0.1) is 0 Å². The van der Waals surface area contributed by atoms with E-state index < -0.39 is 12.0 Å². The Kier molecular flexibility index (Phi) is 4.58. The minimum atomic E-state index is -0.739. The summed E-state index contributed by atoms with van der Waals surface area (Å²) >= 11 is 0. The van der Waals surface area contributed by atoms with E-state index in [4.69, 9.17) is 0 Å². The van der Waals surface area contributed by atoms with Crippen LogP contribution in [0.1, 0.15) is 31.2 Å². The summed E-state index contributed by atoms with van der Waals surface area (Å²) in [5, 5.41) is 30.5. The maximum absolute atomic E-state index is 11.3. The number of nitrogens with one attached hydrogen (secondary N) is 3. The van der Waals surface area contributed by atoms with Gasteiger partial charge in [0.25, 0.3) is 0 Å². The van der Waals surface area contributed by atoms with E-state index in [0.29, 0.717) is 30.1 Å². The van der Waals surface area contributed by atoms with E-state index in [1.54, 1.807) is 0 Å². The number of piperidine rings is 1. The van der Waals surface area contributed by atoms with Crippen molar-refractivity contribution in [3.63, 3.8) is 0 Å². The monoisotopic (exact) mass is 356 g/mol. The van der Waals surface area contributed by atoms with Crippen LogP contribution >= 0.6 is 0 Å². The third-order valence-corrected chi connectivity index (χ3v) is 5.72. The maximum atomic E-state index is 11.3. The molecule has 1 saturated carbocycles. The van der Waals surface area contributed by atoms with Gasteiger partial charge in [0.15, 0.2) is 0 Å². The molecule has 0 unspecified atom stereocenters. The van der Waals surface area contributed by atoms with Crippen LogP contribution in [0.3, 0.4) is 0 Å². The Morgan fingerprint density at radius 2 is 2.15 bits per heavy atom. The lowest BCUT2D eigenvalue weighted by atomic mass is 9.72. The molecule has 0 radical (unpaired) electrons. The van der Waals surface area contributed by atoms with Gasteiger partial charge in [-0.2, -0.15) is 5.21 Å². The molecule has 4 N–H and O–H groups in total. The predicted molar refractivity (Wildman–Crippen MR) is 96.6 cm³/mol. The fraction of sp³-hybridized carbons (Fsp3) is 0.556. The summed E-state index contributed by atoms with van der Waals surface area (Å²) in [5.41, 5.74) is 3.11. The number of carbonyl (C=O) groups is 1. The fourth-order valence-corrected chi connectivity index (χ4v) is 4.35. The summed E-state index contributed by atoms with van der Waals surface area (Å²) in [5.74, 6) is 0.866. The number of benzene rings is 1. The second-order valence-electron chi connectivity index (χ2n) is 7.49. The van der Waals surface area contributed by atoms with Crippen molar-refractivity contribution in [2.24, 2.45) is 11.8 Å². The van der Waals surface area contributed by atoms with Gasteiger partial charge in [-0.15, -0.1) is 10.2 Å². The van der Waals surface area contributed by atoms with Crippen molar-refractivity contribution < 1.29 is 9.90 Å². The molecule has 2 aliphatic rings. The average Bonchev–Trinajstić information content (AvgIpc) is 3.15. The molecular weight excluding hydrogens is 332 g/mol. The van der Waals surface area contributed by atoms with Gasteiger partial charge in [0.1, 0.15) is 6.04 Å². The number of fused-ring (bicyclic) bond motifs is 1. The quantitative estimate of drug-likeness (QED) is 0.660. The second kappa shape index (κ2) is 7.03. The lowest BCUT2D eigenvalue weighted by Gasteiger charge is -2.42. The van der Waals surface area contributed by atoms with Gasteiger partial charge in [0.2, 0.25) is 5.82 Å². The van der Waals surface area contributed by atoms with E-state index in [1.165, 1.54) is 5.56 Å². The average molecular weight is 356 g/mol. The zero-order valence-corrected chi connectivity index (χ0v) is 14.8. The van der Waals surface area contributed by atoms with E-state index in [1.807, 2.05) is 12.1 Å². The van der Waals surface area contributed by atoms with Crippen LogP contribution in [0.25, 0.3) is 11.4 Å². The molecule has 0 bridgehead atoms. The Bertz CT molecular complexity index is 778. The van der Waals surface area contributed by atoms with Crippen molar-refractivity contribution >= 4 is 11.7 Å². The molecule has 4 atom stereocenters. The third-order valence-electron chi connectivity index (χ3n) is 5.72. The van der Waals surface area contributed by atoms with Gasteiger partial charge < -0.3 is 15.7 Å². The molecule has 138 valence electrons. The number of nitrogens with zero attached hydrogens (tertiary/aromatic N) is 3. The molecule has 1 aromatic heterocycles. The van der Waals surface area contributed by atoms with E-state index >= 15 is 0 Å². The highest BCUT2D eigenvalue weighted by atomic mass is 16.4. The standard InChI is InChI=1S/C18H24N6O2/c1-10-2-5-14(17-21-23-24-22-17)15(6-10)20-13-4-3-11-9-19-16(18(25)26)8-12(11)7-13/h2,5-6,11-13,16,19-20H,3-4,7-9H2,1H3,(H,25,26)(H,21,22,23,24)/t11-,12+,13-,16-/m0/s1. The van der Waals surface area contributed by atoms with Crippen LogP contribution in [-0.2, 0) is 4.79 Å². The number of H-pyrrole nitrogens is 1. The van der Waals surface area contributed by atoms with Crippen molar-refractivity contribution in [2.75, 3.05) is 11.9 Å². The lowest BCUT2D eigenvalue weighted by Crippen LogP contribution is -2.50. The molecule has 1 aliphatic carbocycles. The Morgan fingerprint density at radius 3 is 2.92 bits per heavy atom. The number of hydrogen-bond donors (Lipinski definition) is 4. The maximum Gasteiger partial charge on any atom is 0.320 e. The highest BCUT2D eigenvalue weighted by Gasteiger charge is 2.37. The van der Waals surface area contributed by atoms with Gasteiger partial charge in [-0.25, -0.2) is 0 Å². The minimum absolute atomic E-state index is 0.330. The highest BCUT2D eigenvalue weighted by molar-refractivity contribution is 5.74. The number of rotatable bonds is 4. The number of aryl methyl sites for hydroxylation is 1. The lowest BCUT2D eigenvalue weighted by molar-refractivity contribution is -0.141. The van der Waals surface area contributed by atoms with Crippen molar-refractivity contribution in [3.8, 4) is 11.4 Å². The number of anilines is 1. The van der Waals surface area contributed by atoms with Crippen LogP contribution in [0.2, 0.25) is 0 Å². The van der Waals surface area contributed by atoms with Crippen LogP contribution in [0.5, 0.6) is 0 Å². The van der Waals surface area contributed by atoms with Crippen LogP contribution in [-0.4, -0.2) is 50.3 Å². The van der Waals surface area contributed by atoms with Crippen molar-refractivity contribution in [1.82, 2.24) is 25.9 Å².